The maximum absolute atomic E-state index is 12.3. The second-order valence-electron chi connectivity index (χ2n) is 6.40. The van der Waals surface area contributed by atoms with Gasteiger partial charge in [-0.2, -0.15) is 0 Å². The van der Waals surface area contributed by atoms with Gasteiger partial charge in [-0.05, 0) is 19.8 Å². The first-order valence-corrected chi connectivity index (χ1v) is 9.06. The first-order valence-electron chi connectivity index (χ1n) is 8.18. The van der Waals surface area contributed by atoms with Crippen molar-refractivity contribution in [3.63, 3.8) is 0 Å². The van der Waals surface area contributed by atoms with E-state index in [1.165, 1.54) is 0 Å². The summed E-state index contributed by atoms with van der Waals surface area (Å²) < 4.78 is 18.2. The third kappa shape index (κ3) is 3.75. The molecule has 0 aliphatic carbocycles. The van der Waals surface area contributed by atoms with Crippen molar-refractivity contribution in [2.75, 3.05) is 32.9 Å². The molecule has 2 amide bonds. The predicted octanol–water partition coefficient (Wildman–Crippen LogP) is 1.53. The number of amides is 2. The van der Waals surface area contributed by atoms with Gasteiger partial charge in [-0.3, -0.25) is 14.0 Å². The topological polar surface area (TPSA) is 62.7 Å². The van der Waals surface area contributed by atoms with E-state index in [1.54, 1.807) is 21.1 Å². The van der Waals surface area contributed by atoms with E-state index in [1.807, 2.05) is 12.3 Å². The summed E-state index contributed by atoms with van der Waals surface area (Å²) in [5, 5.41) is 2.96. The summed E-state index contributed by atoms with van der Waals surface area (Å²) >= 11 is 1.57. The molecule has 2 aliphatic heterocycles. The zero-order valence-corrected chi connectivity index (χ0v) is 14.6. The van der Waals surface area contributed by atoms with Crippen LogP contribution in [0, 0.1) is 6.92 Å². The van der Waals surface area contributed by atoms with Crippen LogP contribution in [-0.2, 0) is 20.9 Å². The summed E-state index contributed by atoms with van der Waals surface area (Å²) in [5.74, 6) is -0.170. The summed E-state index contributed by atoms with van der Waals surface area (Å²) in [6.07, 6.45) is 1.29. The minimum atomic E-state index is -0.619. The molecule has 0 saturated carbocycles. The molecule has 0 bridgehead atoms. The Labute approximate surface area is 144 Å². The Hall–Kier alpha value is -1.54. The number of nitrogens with zero attached hydrogens (tertiary/aromatic N) is 3. The van der Waals surface area contributed by atoms with Gasteiger partial charge in [0, 0.05) is 18.5 Å². The average molecular weight is 355 g/mol. The fraction of sp³-hybridized carbons (Fsp3) is 0.688. The van der Waals surface area contributed by atoms with Crippen LogP contribution in [0.2, 0.25) is 0 Å². The highest BCUT2D eigenvalue weighted by Gasteiger charge is 2.42. The molecule has 1 aromatic heterocycles. The van der Waals surface area contributed by atoms with Crippen molar-refractivity contribution in [3.05, 3.63) is 16.1 Å². The molecule has 2 saturated heterocycles. The second kappa shape index (κ2) is 7.14. The number of hydrogen-bond donors (Lipinski definition) is 0. The first kappa shape index (κ1) is 17.3. The van der Waals surface area contributed by atoms with Gasteiger partial charge in [0.1, 0.15) is 6.61 Å². The highest BCUT2D eigenvalue weighted by atomic mass is 32.1. The van der Waals surface area contributed by atoms with Crippen LogP contribution < -0.4 is 0 Å². The van der Waals surface area contributed by atoms with Crippen LogP contribution in [0.4, 0.5) is 4.39 Å². The minimum Gasteiger partial charge on any atom is -0.363 e. The van der Waals surface area contributed by atoms with E-state index in [0.29, 0.717) is 39.0 Å². The van der Waals surface area contributed by atoms with Gasteiger partial charge in [0.25, 0.3) is 0 Å². The monoisotopic (exact) mass is 355 g/mol. The fourth-order valence-electron chi connectivity index (χ4n) is 3.31. The second-order valence-corrected chi connectivity index (χ2v) is 7.46. The SMILES string of the molecule is Cc1nc(CN2CC3(CCN(C(=O)CCF)CC3)OCC2=O)cs1. The summed E-state index contributed by atoms with van der Waals surface area (Å²) in [6, 6.07) is 0. The van der Waals surface area contributed by atoms with Gasteiger partial charge in [0.05, 0.1) is 42.5 Å². The Morgan fingerprint density at radius 1 is 1.46 bits per heavy atom. The van der Waals surface area contributed by atoms with E-state index >= 15 is 0 Å². The van der Waals surface area contributed by atoms with Gasteiger partial charge in [-0.25, -0.2) is 4.98 Å². The molecule has 132 valence electrons. The lowest BCUT2D eigenvalue weighted by atomic mass is 9.89. The maximum Gasteiger partial charge on any atom is 0.249 e. The number of aryl methyl sites for hydroxylation is 1. The number of carbonyl (C=O) groups is 2. The Morgan fingerprint density at radius 3 is 2.83 bits per heavy atom. The van der Waals surface area contributed by atoms with Gasteiger partial charge in [-0.15, -0.1) is 11.3 Å². The van der Waals surface area contributed by atoms with Crippen LogP contribution in [-0.4, -0.2) is 65.1 Å². The summed E-state index contributed by atoms with van der Waals surface area (Å²) in [7, 11) is 0. The molecule has 0 atom stereocenters. The lowest BCUT2D eigenvalue weighted by Gasteiger charge is -2.46. The largest absolute Gasteiger partial charge is 0.363 e. The Balaban J connectivity index is 1.61. The molecule has 2 fully saturated rings. The van der Waals surface area contributed by atoms with Crippen molar-refractivity contribution < 1.29 is 18.7 Å². The third-order valence-corrected chi connectivity index (χ3v) is 5.51. The van der Waals surface area contributed by atoms with Crippen molar-refractivity contribution in [2.45, 2.75) is 38.3 Å². The number of thiazole rings is 1. The molecule has 0 N–H and O–H groups in total. The number of alkyl halides is 1. The van der Waals surface area contributed by atoms with Crippen molar-refractivity contribution in [3.8, 4) is 0 Å². The fourth-order valence-corrected chi connectivity index (χ4v) is 3.92. The van der Waals surface area contributed by atoms with Gasteiger partial charge in [0.15, 0.2) is 0 Å². The van der Waals surface area contributed by atoms with Crippen LogP contribution in [0.5, 0.6) is 0 Å². The molecule has 0 unspecified atom stereocenters. The van der Waals surface area contributed by atoms with Crippen LogP contribution in [0.15, 0.2) is 5.38 Å². The average Bonchev–Trinajstić information content (AvgIpc) is 2.97. The van der Waals surface area contributed by atoms with Crippen molar-refractivity contribution in [1.82, 2.24) is 14.8 Å². The zero-order valence-electron chi connectivity index (χ0n) is 13.8. The summed E-state index contributed by atoms with van der Waals surface area (Å²) in [5.41, 5.74) is 0.504. The molecule has 1 spiro atoms. The minimum absolute atomic E-state index is 0.0257. The smallest absolute Gasteiger partial charge is 0.249 e. The Bertz CT molecular complexity index is 613. The standard InChI is InChI=1S/C16H22FN3O3S/c1-12-18-13(10-24-12)8-20-11-16(23-9-15(20)22)3-6-19(7-4-16)14(21)2-5-17/h10H,2-9,11H2,1H3. The first-order chi connectivity index (χ1) is 11.5. The van der Waals surface area contributed by atoms with Crippen LogP contribution in [0.1, 0.15) is 30.0 Å². The number of hydrogen-bond acceptors (Lipinski definition) is 5. The molecular formula is C16H22FN3O3S. The van der Waals surface area contributed by atoms with E-state index in [9.17, 15) is 14.0 Å². The Kier molecular flexibility index (Phi) is 5.15. The summed E-state index contributed by atoms with van der Waals surface area (Å²) in [4.78, 5) is 31.9. The van der Waals surface area contributed by atoms with E-state index < -0.39 is 12.3 Å². The molecule has 24 heavy (non-hydrogen) atoms. The number of halogens is 1. The number of piperidine rings is 1. The molecule has 3 rings (SSSR count). The number of aromatic nitrogens is 1. The van der Waals surface area contributed by atoms with E-state index in [0.717, 1.165) is 10.7 Å². The molecule has 0 aromatic carbocycles. The van der Waals surface area contributed by atoms with Gasteiger partial charge < -0.3 is 14.5 Å². The molecule has 0 radical (unpaired) electrons. The Morgan fingerprint density at radius 2 is 2.21 bits per heavy atom. The van der Waals surface area contributed by atoms with E-state index in [2.05, 4.69) is 4.98 Å². The van der Waals surface area contributed by atoms with Gasteiger partial charge >= 0.3 is 0 Å². The lowest BCUT2D eigenvalue weighted by Crippen LogP contribution is -2.59. The van der Waals surface area contributed by atoms with Crippen LogP contribution in [0.3, 0.4) is 0 Å². The van der Waals surface area contributed by atoms with Crippen LogP contribution in [0.25, 0.3) is 0 Å². The highest BCUT2D eigenvalue weighted by Crippen LogP contribution is 2.31. The normalized spacial score (nSPS) is 20.7. The molecule has 3 heterocycles. The van der Waals surface area contributed by atoms with Crippen molar-refractivity contribution in [2.24, 2.45) is 0 Å². The maximum atomic E-state index is 12.3. The quantitative estimate of drug-likeness (QED) is 0.822. The zero-order chi connectivity index (χ0) is 17.2. The third-order valence-electron chi connectivity index (χ3n) is 4.69. The number of ether oxygens (including phenoxy) is 1. The van der Waals surface area contributed by atoms with Crippen molar-refractivity contribution >= 4 is 23.2 Å². The van der Waals surface area contributed by atoms with E-state index in [4.69, 9.17) is 4.74 Å². The van der Waals surface area contributed by atoms with E-state index in [-0.39, 0.29) is 24.8 Å². The van der Waals surface area contributed by atoms with Crippen molar-refractivity contribution in [1.29, 1.82) is 0 Å². The van der Waals surface area contributed by atoms with Gasteiger partial charge in [0.2, 0.25) is 11.8 Å². The number of likely N-dealkylation sites (tertiary alicyclic amines) is 1. The van der Waals surface area contributed by atoms with Gasteiger partial charge in [-0.1, -0.05) is 0 Å². The molecule has 2 aliphatic rings. The highest BCUT2D eigenvalue weighted by molar-refractivity contribution is 7.09. The van der Waals surface area contributed by atoms with Crippen LogP contribution >= 0.6 is 11.3 Å². The predicted molar refractivity (Wildman–Crippen MR) is 87.4 cm³/mol. The molecular weight excluding hydrogens is 333 g/mol. The molecule has 1 aromatic rings. The molecule has 8 heteroatoms. The number of rotatable bonds is 4. The lowest BCUT2D eigenvalue weighted by molar-refractivity contribution is -0.174. The summed E-state index contributed by atoms with van der Waals surface area (Å²) in [6.45, 7) is 3.52. The number of morpholine rings is 1. The molecule has 6 nitrogen and oxygen atoms in total. The number of carbonyl (C=O) groups excluding carboxylic acids is 2.